The number of piperazine rings is 1. The highest BCUT2D eigenvalue weighted by molar-refractivity contribution is 5.87. The Morgan fingerprint density at radius 3 is 2.35 bits per heavy atom. The molecule has 4 rings (SSSR count). The van der Waals surface area contributed by atoms with E-state index in [0.29, 0.717) is 6.54 Å². The Hall–Kier alpha value is -2.66. The molecule has 0 aromatic heterocycles. The van der Waals surface area contributed by atoms with Crippen molar-refractivity contribution in [3.05, 3.63) is 60.2 Å². The van der Waals surface area contributed by atoms with Crippen LogP contribution in [0.1, 0.15) is 18.4 Å². The van der Waals surface area contributed by atoms with Crippen LogP contribution in [0.25, 0.3) is 11.1 Å². The smallest absolute Gasteiger partial charge is 0.242 e. The lowest BCUT2D eigenvalue weighted by Gasteiger charge is -2.58. The number of benzene rings is 2. The molecule has 5 nitrogen and oxygen atoms in total. The first-order valence-corrected chi connectivity index (χ1v) is 8.93. The Bertz CT molecular complexity index is 819. The molecule has 2 aromatic rings. The fraction of sp³-hybridized carbons (Fsp3) is 0.333. The minimum atomic E-state index is -0.204. The van der Waals surface area contributed by atoms with E-state index in [1.807, 2.05) is 18.2 Å². The predicted molar refractivity (Wildman–Crippen MR) is 98.4 cm³/mol. The van der Waals surface area contributed by atoms with Gasteiger partial charge in [-0.2, -0.15) is 0 Å². The number of carbonyl (C=O) groups excluding carboxylic acids is 2. The van der Waals surface area contributed by atoms with E-state index in [1.54, 1.807) is 9.80 Å². The Morgan fingerprint density at radius 2 is 1.73 bits per heavy atom. The van der Waals surface area contributed by atoms with Gasteiger partial charge in [0.15, 0.2) is 0 Å². The molecule has 2 heterocycles. The second kappa shape index (κ2) is 6.57. The predicted octanol–water partition coefficient (Wildman–Crippen LogP) is 1.87. The normalized spacial score (nSPS) is 24.8. The zero-order chi connectivity index (χ0) is 18.3. The van der Waals surface area contributed by atoms with Gasteiger partial charge >= 0.3 is 0 Å². The third kappa shape index (κ3) is 2.69. The fourth-order valence-electron chi connectivity index (χ4n) is 4.27. The second-order valence-electron chi connectivity index (χ2n) is 7.03. The third-order valence-corrected chi connectivity index (χ3v) is 5.60. The zero-order valence-electron chi connectivity index (χ0n) is 14.7. The lowest BCUT2D eigenvalue weighted by atomic mass is 9.73. The average Bonchev–Trinajstić information content (AvgIpc) is 2.64. The highest BCUT2D eigenvalue weighted by Gasteiger charge is 2.54. The number of hydrogen-bond donors (Lipinski definition) is 1. The van der Waals surface area contributed by atoms with Crippen molar-refractivity contribution in [2.24, 2.45) is 0 Å². The summed E-state index contributed by atoms with van der Waals surface area (Å²) in [6.45, 7) is 2.08. The highest BCUT2D eigenvalue weighted by atomic mass is 16.3. The van der Waals surface area contributed by atoms with Gasteiger partial charge in [-0.15, -0.1) is 0 Å². The highest BCUT2D eigenvalue weighted by Crippen LogP contribution is 2.43. The summed E-state index contributed by atoms with van der Waals surface area (Å²) in [5.74, 6) is -0.104. The molecule has 2 fully saturated rings. The van der Waals surface area contributed by atoms with Gasteiger partial charge in [0.2, 0.25) is 11.8 Å². The van der Waals surface area contributed by atoms with Crippen LogP contribution in [-0.4, -0.2) is 58.5 Å². The Labute approximate surface area is 152 Å². The summed E-state index contributed by atoms with van der Waals surface area (Å²) in [6.07, 6.45) is 0. The molecule has 2 aromatic carbocycles. The van der Waals surface area contributed by atoms with Crippen molar-refractivity contribution in [1.29, 1.82) is 0 Å². The lowest BCUT2D eigenvalue weighted by molar-refractivity contribution is -0.166. The maximum atomic E-state index is 12.4. The lowest BCUT2D eigenvalue weighted by Crippen LogP contribution is -2.73. The van der Waals surface area contributed by atoms with E-state index >= 15 is 0 Å². The quantitative estimate of drug-likeness (QED) is 0.919. The summed E-state index contributed by atoms with van der Waals surface area (Å²) < 4.78 is 0. The Balaban J connectivity index is 1.60. The minimum Gasteiger partial charge on any atom is -0.394 e. The summed E-state index contributed by atoms with van der Waals surface area (Å²) >= 11 is 0. The number of fused-ring (bicyclic) bond motifs is 1. The first-order valence-electron chi connectivity index (χ1n) is 8.93. The maximum absolute atomic E-state index is 12.4. The van der Waals surface area contributed by atoms with Gasteiger partial charge in [-0.3, -0.25) is 9.59 Å². The Morgan fingerprint density at radius 1 is 1.08 bits per heavy atom. The standard InChI is InChI=1S/C21H22N2O3/c1-14(25)22-11-18-21(19(13-24)23(18)20(26)12-22)17-9-7-16(8-10-17)15-5-3-2-4-6-15/h2-10,18-19,21,24H,11-13H2,1H3/t18-,19-,21+/m1/s1. The van der Waals surface area contributed by atoms with Crippen molar-refractivity contribution in [1.82, 2.24) is 9.80 Å². The molecule has 0 spiro atoms. The number of hydrogen-bond acceptors (Lipinski definition) is 3. The summed E-state index contributed by atoms with van der Waals surface area (Å²) in [6, 6.07) is 18.2. The first kappa shape index (κ1) is 16.8. The molecule has 0 radical (unpaired) electrons. The van der Waals surface area contributed by atoms with Crippen molar-refractivity contribution in [3.63, 3.8) is 0 Å². The van der Waals surface area contributed by atoms with Crippen molar-refractivity contribution >= 4 is 11.8 Å². The number of aliphatic hydroxyl groups excluding tert-OH is 1. The van der Waals surface area contributed by atoms with Crippen LogP contribution in [0.5, 0.6) is 0 Å². The summed E-state index contributed by atoms with van der Waals surface area (Å²) in [7, 11) is 0. The molecule has 2 aliphatic heterocycles. The van der Waals surface area contributed by atoms with Gasteiger partial charge in [-0.1, -0.05) is 54.6 Å². The average molecular weight is 350 g/mol. The molecule has 26 heavy (non-hydrogen) atoms. The van der Waals surface area contributed by atoms with Crippen LogP contribution in [0.2, 0.25) is 0 Å². The van der Waals surface area contributed by atoms with E-state index in [0.717, 1.165) is 16.7 Å². The van der Waals surface area contributed by atoms with Gasteiger partial charge in [-0.25, -0.2) is 0 Å². The SMILES string of the molecule is CC(=O)N1CC(=O)N2[C@H](CO)[C@@H](c3ccc(-c4ccccc4)cc3)[C@H]2C1. The summed E-state index contributed by atoms with van der Waals surface area (Å²) in [5.41, 5.74) is 3.39. The van der Waals surface area contributed by atoms with Gasteiger partial charge in [0, 0.05) is 19.4 Å². The monoisotopic (exact) mass is 350 g/mol. The molecule has 0 unspecified atom stereocenters. The van der Waals surface area contributed by atoms with Gasteiger partial charge in [0.25, 0.3) is 0 Å². The molecule has 5 heteroatoms. The van der Waals surface area contributed by atoms with Crippen LogP contribution < -0.4 is 0 Å². The van der Waals surface area contributed by atoms with E-state index < -0.39 is 0 Å². The Kier molecular flexibility index (Phi) is 4.24. The maximum Gasteiger partial charge on any atom is 0.242 e. The van der Waals surface area contributed by atoms with Gasteiger partial charge in [0.1, 0.15) is 0 Å². The van der Waals surface area contributed by atoms with Crippen LogP contribution in [0, 0.1) is 0 Å². The third-order valence-electron chi connectivity index (χ3n) is 5.60. The number of carbonyl (C=O) groups is 2. The van der Waals surface area contributed by atoms with Crippen molar-refractivity contribution in [2.75, 3.05) is 19.7 Å². The van der Waals surface area contributed by atoms with Crippen molar-refractivity contribution in [3.8, 4) is 11.1 Å². The van der Waals surface area contributed by atoms with Gasteiger partial charge < -0.3 is 14.9 Å². The molecule has 3 atom stereocenters. The number of nitrogens with zero attached hydrogens (tertiary/aromatic N) is 2. The molecule has 0 bridgehead atoms. The largest absolute Gasteiger partial charge is 0.394 e. The summed E-state index contributed by atoms with van der Waals surface area (Å²) in [4.78, 5) is 27.5. The van der Waals surface area contributed by atoms with E-state index in [2.05, 4.69) is 36.4 Å². The first-order chi connectivity index (χ1) is 12.6. The molecule has 2 saturated heterocycles. The number of rotatable bonds is 3. The second-order valence-corrected chi connectivity index (χ2v) is 7.03. The minimum absolute atomic E-state index is 0.0518. The van der Waals surface area contributed by atoms with Gasteiger partial charge in [0.05, 0.1) is 25.2 Å². The number of aliphatic hydroxyl groups is 1. The van der Waals surface area contributed by atoms with Crippen LogP contribution in [0.3, 0.4) is 0 Å². The van der Waals surface area contributed by atoms with E-state index in [4.69, 9.17) is 0 Å². The van der Waals surface area contributed by atoms with E-state index in [-0.39, 0.29) is 43.0 Å². The van der Waals surface area contributed by atoms with Crippen LogP contribution in [0.4, 0.5) is 0 Å². The van der Waals surface area contributed by atoms with Gasteiger partial charge in [-0.05, 0) is 16.7 Å². The molecule has 134 valence electrons. The topological polar surface area (TPSA) is 60.9 Å². The van der Waals surface area contributed by atoms with Crippen LogP contribution in [0.15, 0.2) is 54.6 Å². The van der Waals surface area contributed by atoms with Crippen LogP contribution in [-0.2, 0) is 9.59 Å². The van der Waals surface area contributed by atoms with E-state index in [9.17, 15) is 14.7 Å². The molecule has 2 amide bonds. The molecule has 2 aliphatic rings. The fourth-order valence-corrected chi connectivity index (χ4v) is 4.27. The molecular formula is C21H22N2O3. The molecule has 0 aliphatic carbocycles. The number of amides is 2. The molecular weight excluding hydrogens is 328 g/mol. The molecule has 0 saturated carbocycles. The van der Waals surface area contributed by atoms with E-state index in [1.165, 1.54) is 6.92 Å². The summed E-state index contributed by atoms with van der Waals surface area (Å²) in [5, 5.41) is 9.81. The molecule has 1 N–H and O–H groups in total. The van der Waals surface area contributed by atoms with Crippen LogP contribution >= 0.6 is 0 Å². The van der Waals surface area contributed by atoms with Crippen molar-refractivity contribution < 1.29 is 14.7 Å². The zero-order valence-corrected chi connectivity index (χ0v) is 14.7. The van der Waals surface area contributed by atoms with Crippen molar-refractivity contribution in [2.45, 2.75) is 24.9 Å².